The molecule has 0 unspecified atom stereocenters. The second-order valence-electron chi connectivity index (χ2n) is 5.16. The summed E-state index contributed by atoms with van der Waals surface area (Å²) < 4.78 is 1.80. The number of carbonyl (C=O) groups excluding carboxylic acids is 1. The van der Waals surface area contributed by atoms with Gasteiger partial charge in [0.2, 0.25) is 0 Å². The minimum Gasteiger partial charge on any atom is -0.319 e. The molecule has 23 heavy (non-hydrogen) atoms. The Bertz CT molecular complexity index is 873. The minimum atomic E-state index is -0.239. The number of nitrogens with zero attached hydrogens (tertiary/aromatic N) is 2. The van der Waals surface area contributed by atoms with Crippen LogP contribution in [-0.4, -0.2) is 15.3 Å². The van der Waals surface area contributed by atoms with Gasteiger partial charge in [0.15, 0.2) is 0 Å². The molecule has 3 aromatic rings. The third kappa shape index (κ3) is 3.19. The fourth-order valence-corrected chi connectivity index (χ4v) is 2.92. The van der Waals surface area contributed by atoms with Gasteiger partial charge in [-0.3, -0.25) is 9.20 Å². The molecule has 1 aromatic carbocycles. The molecule has 0 bridgehead atoms. The highest BCUT2D eigenvalue weighted by Gasteiger charge is 2.19. The lowest BCUT2D eigenvalue weighted by Gasteiger charge is -2.09. The zero-order valence-electron chi connectivity index (χ0n) is 12.5. The number of imidazole rings is 1. The summed E-state index contributed by atoms with van der Waals surface area (Å²) in [5.74, 6) is -0.239. The number of halogens is 2. The van der Waals surface area contributed by atoms with Crippen LogP contribution in [0, 0.1) is 0 Å². The van der Waals surface area contributed by atoms with Gasteiger partial charge in [-0.25, -0.2) is 4.98 Å². The highest BCUT2D eigenvalue weighted by molar-refractivity contribution is 6.36. The van der Waals surface area contributed by atoms with Crippen LogP contribution in [0.4, 0.5) is 5.69 Å². The molecule has 1 amide bonds. The molecule has 1 N–H and O–H groups in total. The predicted octanol–water partition coefficient (Wildman–Crippen LogP) is 4.85. The molecule has 0 atom stereocenters. The van der Waals surface area contributed by atoms with E-state index in [2.05, 4.69) is 17.2 Å². The largest absolute Gasteiger partial charge is 0.319 e. The summed E-state index contributed by atoms with van der Waals surface area (Å²) in [7, 11) is 0. The third-order valence-electron chi connectivity index (χ3n) is 3.48. The Morgan fingerprint density at radius 1 is 1.26 bits per heavy atom. The number of hydrogen-bond acceptors (Lipinski definition) is 2. The Morgan fingerprint density at radius 2 is 2.09 bits per heavy atom. The number of aromatic nitrogens is 2. The van der Waals surface area contributed by atoms with E-state index in [0.29, 0.717) is 21.4 Å². The molecule has 6 heteroatoms. The number of nitrogens with one attached hydrogen (secondary N) is 1. The van der Waals surface area contributed by atoms with Crippen molar-refractivity contribution in [2.45, 2.75) is 19.8 Å². The van der Waals surface area contributed by atoms with Crippen LogP contribution >= 0.6 is 23.2 Å². The smallest absolute Gasteiger partial charge is 0.274 e. The van der Waals surface area contributed by atoms with Crippen LogP contribution in [-0.2, 0) is 6.42 Å². The van der Waals surface area contributed by atoms with Gasteiger partial charge in [-0.15, -0.1) is 0 Å². The van der Waals surface area contributed by atoms with Crippen LogP contribution in [0.15, 0.2) is 42.6 Å². The predicted molar refractivity (Wildman–Crippen MR) is 93.6 cm³/mol. The number of carbonyl (C=O) groups is 1. The van der Waals surface area contributed by atoms with Gasteiger partial charge in [-0.1, -0.05) is 42.6 Å². The van der Waals surface area contributed by atoms with Crippen molar-refractivity contribution < 1.29 is 4.79 Å². The van der Waals surface area contributed by atoms with Gasteiger partial charge in [0.05, 0.1) is 16.4 Å². The third-order valence-corrected chi connectivity index (χ3v) is 4.03. The van der Waals surface area contributed by atoms with Crippen molar-refractivity contribution in [3.63, 3.8) is 0 Å². The van der Waals surface area contributed by atoms with E-state index < -0.39 is 0 Å². The summed E-state index contributed by atoms with van der Waals surface area (Å²) in [5, 5.41) is 3.76. The Morgan fingerprint density at radius 3 is 2.83 bits per heavy atom. The maximum atomic E-state index is 12.8. The molecule has 2 heterocycles. The summed E-state index contributed by atoms with van der Waals surface area (Å²) >= 11 is 12.0. The molecule has 0 aliphatic heterocycles. The van der Waals surface area contributed by atoms with E-state index in [1.165, 1.54) is 0 Å². The Kier molecular flexibility index (Phi) is 4.55. The van der Waals surface area contributed by atoms with Crippen LogP contribution in [0.3, 0.4) is 0 Å². The molecule has 0 aliphatic rings. The fourth-order valence-electron chi connectivity index (χ4n) is 2.47. The van der Waals surface area contributed by atoms with Crippen LogP contribution in [0.5, 0.6) is 0 Å². The molecule has 0 aliphatic carbocycles. The molecule has 0 fully saturated rings. The normalized spacial score (nSPS) is 10.9. The first-order valence-corrected chi connectivity index (χ1v) is 8.08. The van der Waals surface area contributed by atoms with Crippen LogP contribution in [0.1, 0.15) is 29.5 Å². The summed E-state index contributed by atoms with van der Waals surface area (Å²) in [6.07, 6.45) is 3.48. The Hall–Kier alpha value is -2.04. The van der Waals surface area contributed by atoms with Crippen LogP contribution in [0.2, 0.25) is 10.0 Å². The number of benzene rings is 1. The number of anilines is 1. The van der Waals surface area contributed by atoms with Crippen molar-refractivity contribution in [1.82, 2.24) is 9.38 Å². The molecule has 2 aromatic heterocycles. The van der Waals surface area contributed by atoms with Gasteiger partial charge in [-0.05, 0) is 36.8 Å². The van der Waals surface area contributed by atoms with Crippen molar-refractivity contribution in [2.24, 2.45) is 0 Å². The fraction of sp³-hybridized carbons (Fsp3) is 0.176. The standard InChI is InChI=1S/C17H15Cl2N3O/c1-2-5-14-16(22-9-4-3-6-15(22)20-14)17(23)21-13-8-7-11(18)10-12(13)19/h3-4,6-10H,2,5H2,1H3,(H,21,23). The second-order valence-corrected chi connectivity index (χ2v) is 6.01. The first-order valence-electron chi connectivity index (χ1n) is 7.32. The quantitative estimate of drug-likeness (QED) is 0.733. The highest BCUT2D eigenvalue weighted by Crippen LogP contribution is 2.26. The van der Waals surface area contributed by atoms with Gasteiger partial charge in [-0.2, -0.15) is 0 Å². The van der Waals surface area contributed by atoms with E-state index >= 15 is 0 Å². The van der Waals surface area contributed by atoms with Crippen molar-refractivity contribution in [2.75, 3.05) is 5.32 Å². The molecule has 4 nitrogen and oxygen atoms in total. The van der Waals surface area contributed by atoms with Crippen molar-refractivity contribution in [1.29, 1.82) is 0 Å². The van der Waals surface area contributed by atoms with Gasteiger partial charge in [0.1, 0.15) is 11.3 Å². The number of aryl methyl sites for hydroxylation is 1. The maximum Gasteiger partial charge on any atom is 0.274 e. The molecule has 0 spiro atoms. The monoisotopic (exact) mass is 347 g/mol. The average molecular weight is 348 g/mol. The van der Waals surface area contributed by atoms with Crippen LogP contribution in [0.25, 0.3) is 5.65 Å². The van der Waals surface area contributed by atoms with E-state index in [-0.39, 0.29) is 5.91 Å². The van der Waals surface area contributed by atoms with E-state index in [1.807, 2.05) is 24.4 Å². The number of rotatable bonds is 4. The first-order chi connectivity index (χ1) is 11.1. The lowest BCUT2D eigenvalue weighted by Crippen LogP contribution is -2.16. The lowest BCUT2D eigenvalue weighted by atomic mass is 10.2. The Balaban J connectivity index is 2.01. The van der Waals surface area contributed by atoms with E-state index in [0.717, 1.165) is 24.2 Å². The number of amides is 1. The summed E-state index contributed by atoms with van der Waals surface area (Å²) in [5.41, 5.74) is 2.59. The van der Waals surface area contributed by atoms with E-state index in [4.69, 9.17) is 23.2 Å². The summed E-state index contributed by atoms with van der Waals surface area (Å²) in [6, 6.07) is 10.6. The second kappa shape index (κ2) is 6.60. The number of pyridine rings is 1. The molecular weight excluding hydrogens is 333 g/mol. The van der Waals surface area contributed by atoms with Gasteiger partial charge >= 0.3 is 0 Å². The number of fused-ring (bicyclic) bond motifs is 1. The van der Waals surface area contributed by atoms with E-state index in [9.17, 15) is 4.79 Å². The number of hydrogen-bond donors (Lipinski definition) is 1. The minimum absolute atomic E-state index is 0.239. The molecule has 0 saturated carbocycles. The summed E-state index contributed by atoms with van der Waals surface area (Å²) in [4.78, 5) is 17.3. The maximum absolute atomic E-state index is 12.8. The van der Waals surface area contributed by atoms with Gasteiger partial charge in [0.25, 0.3) is 5.91 Å². The zero-order valence-corrected chi connectivity index (χ0v) is 14.0. The lowest BCUT2D eigenvalue weighted by molar-refractivity contribution is 0.102. The SMILES string of the molecule is CCCc1nc2ccccn2c1C(=O)Nc1ccc(Cl)cc1Cl. The topological polar surface area (TPSA) is 46.4 Å². The van der Waals surface area contributed by atoms with E-state index in [1.54, 1.807) is 22.6 Å². The molecular formula is C17H15Cl2N3O. The molecule has 0 radical (unpaired) electrons. The van der Waals surface area contributed by atoms with Crippen LogP contribution < -0.4 is 5.32 Å². The zero-order chi connectivity index (χ0) is 16.4. The average Bonchev–Trinajstić information content (AvgIpc) is 2.88. The Labute approximate surface area is 144 Å². The van der Waals surface area contributed by atoms with Crippen molar-refractivity contribution in [3.05, 3.63) is 64.0 Å². The van der Waals surface area contributed by atoms with Gasteiger partial charge < -0.3 is 5.32 Å². The highest BCUT2D eigenvalue weighted by atomic mass is 35.5. The van der Waals surface area contributed by atoms with Crippen molar-refractivity contribution in [3.8, 4) is 0 Å². The molecule has 3 rings (SSSR count). The van der Waals surface area contributed by atoms with Gasteiger partial charge in [0, 0.05) is 11.2 Å². The first kappa shape index (κ1) is 15.8. The molecule has 118 valence electrons. The summed E-state index contributed by atoms with van der Waals surface area (Å²) in [6.45, 7) is 2.06. The van der Waals surface area contributed by atoms with Crippen molar-refractivity contribution >= 4 is 40.4 Å². The molecule has 0 saturated heterocycles.